The molecule has 0 aliphatic carbocycles. The number of carbonyl (C=O) groups is 1. The van der Waals surface area contributed by atoms with Crippen molar-refractivity contribution in [2.24, 2.45) is 5.10 Å². The molecule has 0 aliphatic rings. The van der Waals surface area contributed by atoms with Crippen LogP contribution in [0.15, 0.2) is 119 Å². The second kappa shape index (κ2) is 10.6. The quantitative estimate of drug-likeness (QED) is 0.215. The number of nitrogens with one attached hydrogen (secondary N) is 1. The molecule has 7 nitrogen and oxygen atoms in total. The fraction of sp³-hybridized carbons (Fsp3) is 0.0714. The van der Waals surface area contributed by atoms with Crippen molar-refractivity contribution in [1.82, 2.24) is 5.43 Å². The summed E-state index contributed by atoms with van der Waals surface area (Å²) in [4.78, 5) is 13.2. The Labute approximate surface area is 209 Å². The molecule has 0 saturated heterocycles. The monoisotopic (exact) mass is 500 g/mol. The summed E-state index contributed by atoms with van der Waals surface area (Å²) >= 11 is 0. The Hall–Kier alpha value is -4.27. The van der Waals surface area contributed by atoms with Crippen molar-refractivity contribution in [3.05, 3.63) is 131 Å². The highest BCUT2D eigenvalue weighted by Crippen LogP contribution is 2.30. The van der Waals surface area contributed by atoms with Crippen LogP contribution in [0.3, 0.4) is 0 Å². The van der Waals surface area contributed by atoms with Gasteiger partial charge in [0.2, 0.25) is 0 Å². The zero-order chi connectivity index (χ0) is 25.6. The van der Waals surface area contributed by atoms with Crippen LogP contribution in [0.2, 0.25) is 0 Å². The van der Waals surface area contributed by atoms with Crippen molar-refractivity contribution in [3.8, 4) is 5.75 Å². The van der Waals surface area contributed by atoms with Crippen LogP contribution in [0.25, 0.3) is 0 Å². The van der Waals surface area contributed by atoms with E-state index in [0.717, 1.165) is 5.56 Å². The van der Waals surface area contributed by atoms with Crippen molar-refractivity contribution < 1.29 is 22.5 Å². The van der Waals surface area contributed by atoms with Gasteiger partial charge >= 0.3 is 10.1 Å². The molecule has 2 N–H and O–H groups in total. The zero-order valence-electron chi connectivity index (χ0n) is 19.4. The molecule has 0 aromatic heterocycles. The van der Waals surface area contributed by atoms with Gasteiger partial charge < -0.3 is 9.29 Å². The molecule has 8 heteroatoms. The fourth-order valence-electron chi connectivity index (χ4n) is 3.56. The third kappa shape index (κ3) is 5.51. The first-order valence-electron chi connectivity index (χ1n) is 11.1. The number of rotatable bonds is 8. The fourth-order valence-corrected chi connectivity index (χ4v) is 4.48. The summed E-state index contributed by atoms with van der Waals surface area (Å²) in [7, 11) is -4.01. The van der Waals surface area contributed by atoms with Crippen LogP contribution >= 0.6 is 0 Å². The first kappa shape index (κ1) is 24.8. The number of nitrogens with zero attached hydrogens (tertiary/aromatic N) is 1. The summed E-state index contributed by atoms with van der Waals surface area (Å²) in [5, 5.41) is 15.4. The summed E-state index contributed by atoms with van der Waals surface area (Å²) in [6, 6.07) is 29.7. The molecule has 0 bridgehead atoms. The van der Waals surface area contributed by atoms with Gasteiger partial charge in [-0.15, -0.1) is 0 Å². The normalized spacial score (nSPS) is 11.8. The summed E-state index contributed by atoms with van der Waals surface area (Å²) in [6.07, 6.45) is 1.33. The molecule has 4 aromatic rings. The van der Waals surface area contributed by atoms with Crippen molar-refractivity contribution in [2.75, 3.05) is 0 Å². The molecule has 0 radical (unpaired) electrons. The minimum Gasteiger partial charge on any atom is -0.379 e. The van der Waals surface area contributed by atoms with Crippen LogP contribution in [0.1, 0.15) is 22.3 Å². The van der Waals surface area contributed by atoms with E-state index in [9.17, 15) is 18.3 Å². The number of benzene rings is 4. The minimum absolute atomic E-state index is 0.0422. The second-order valence-corrected chi connectivity index (χ2v) is 9.61. The van der Waals surface area contributed by atoms with E-state index in [1.807, 2.05) is 6.92 Å². The Morgan fingerprint density at radius 2 is 1.44 bits per heavy atom. The van der Waals surface area contributed by atoms with Gasteiger partial charge in [0, 0.05) is 0 Å². The number of carbonyl (C=O) groups excluding carboxylic acids is 1. The zero-order valence-corrected chi connectivity index (χ0v) is 20.2. The molecular weight excluding hydrogens is 476 g/mol. The molecule has 0 aliphatic heterocycles. The van der Waals surface area contributed by atoms with Crippen LogP contribution in [-0.4, -0.2) is 25.6 Å². The lowest BCUT2D eigenvalue weighted by Gasteiger charge is -2.27. The van der Waals surface area contributed by atoms with E-state index < -0.39 is 21.6 Å². The first-order chi connectivity index (χ1) is 17.3. The predicted molar refractivity (Wildman–Crippen MR) is 137 cm³/mol. The summed E-state index contributed by atoms with van der Waals surface area (Å²) in [5.74, 6) is -0.651. The van der Waals surface area contributed by atoms with Gasteiger partial charge in [-0.2, -0.15) is 13.5 Å². The van der Waals surface area contributed by atoms with Crippen LogP contribution in [-0.2, 0) is 20.5 Å². The predicted octanol–water partition coefficient (Wildman–Crippen LogP) is 4.15. The summed E-state index contributed by atoms with van der Waals surface area (Å²) in [6.45, 7) is 1.86. The van der Waals surface area contributed by atoms with Gasteiger partial charge in [-0.1, -0.05) is 90.5 Å². The Balaban J connectivity index is 1.51. The molecule has 0 saturated carbocycles. The van der Waals surface area contributed by atoms with E-state index >= 15 is 0 Å². The molecule has 1 amide bonds. The van der Waals surface area contributed by atoms with E-state index in [0.29, 0.717) is 16.7 Å². The van der Waals surface area contributed by atoms with Gasteiger partial charge in [-0.25, -0.2) is 5.43 Å². The van der Waals surface area contributed by atoms with Gasteiger partial charge in [-0.3, -0.25) is 4.79 Å². The lowest BCUT2D eigenvalue weighted by atomic mass is 9.85. The maximum Gasteiger partial charge on any atom is 0.339 e. The van der Waals surface area contributed by atoms with Crippen molar-refractivity contribution in [3.63, 3.8) is 0 Å². The van der Waals surface area contributed by atoms with Crippen LogP contribution in [0.4, 0.5) is 0 Å². The first-order valence-corrected chi connectivity index (χ1v) is 12.5. The number of hydrazone groups is 1. The lowest BCUT2D eigenvalue weighted by molar-refractivity contribution is -0.136. The molecule has 4 rings (SSSR count). The van der Waals surface area contributed by atoms with E-state index in [2.05, 4.69) is 10.5 Å². The Morgan fingerprint density at radius 1 is 0.861 bits per heavy atom. The van der Waals surface area contributed by atoms with Gasteiger partial charge in [-0.05, 0) is 47.9 Å². The highest BCUT2D eigenvalue weighted by atomic mass is 32.2. The third-order valence-corrected chi connectivity index (χ3v) is 6.73. The third-order valence-electron chi connectivity index (χ3n) is 5.47. The van der Waals surface area contributed by atoms with Gasteiger partial charge in [0.1, 0.15) is 10.6 Å². The van der Waals surface area contributed by atoms with Crippen LogP contribution in [0, 0.1) is 6.92 Å². The molecular formula is C28H24N2O5S. The Bertz CT molecular complexity index is 1430. The van der Waals surface area contributed by atoms with Crippen molar-refractivity contribution >= 4 is 22.2 Å². The van der Waals surface area contributed by atoms with Gasteiger partial charge in [0.05, 0.1) is 6.21 Å². The standard InChI is InChI=1S/C28H24N2O5S/c1-21-15-17-26(18-16-21)36(33,34)35-25-14-8-9-22(19-25)20-29-30-27(31)28(32,23-10-4-2-5-11-23)24-12-6-3-7-13-24/h2-20,32H,1H3,(H,30,31)/b29-20-. The maximum absolute atomic E-state index is 13.1. The van der Waals surface area contributed by atoms with Crippen LogP contribution < -0.4 is 9.61 Å². The van der Waals surface area contributed by atoms with Crippen LogP contribution in [0.5, 0.6) is 5.75 Å². The number of hydrogen-bond acceptors (Lipinski definition) is 6. The van der Waals surface area contributed by atoms with E-state index in [1.54, 1.807) is 84.9 Å². The molecule has 0 atom stereocenters. The molecule has 0 heterocycles. The highest BCUT2D eigenvalue weighted by Gasteiger charge is 2.39. The Kier molecular flexibility index (Phi) is 7.28. The smallest absolute Gasteiger partial charge is 0.339 e. The summed E-state index contributed by atoms with van der Waals surface area (Å²) in [5.41, 5.74) is 2.62. The Morgan fingerprint density at radius 3 is 2.03 bits per heavy atom. The number of aryl methyl sites for hydroxylation is 1. The number of aliphatic hydroxyl groups is 1. The second-order valence-electron chi connectivity index (χ2n) is 8.06. The molecule has 36 heavy (non-hydrogen) atoms. The minimum atomic E-state index is -4.01. The number of hydrogen-bond donors (Lipinski definition) is 2. The average Bonchev–Trinajstić information content (AvgIpc) is 2.89. The maximum atomic E-state index is 13.1. The molecule has 0 unspecified atom stereocenters. The highest BCUT2D eigenvalue weighted by molar-refractivity contribution is 7.87. The topological polar surface area (TPSA) is 105 Å². The SMILES string of the molecule is Cc1ccc(S(=O)(=O)Oc2cccc(/C=N\NC(=O)C(O)(c3ccccc3)c3ccccc3)c2)cc1. The van der Waals surface area contributed by atoms with Gasteiger partial charge in [0.25, 0.3) is 5.91 Å². The van der Waals surface area contributed by atoms with Crippen molar-refractivity contribution in [2.45, 2.75) is 17.4 Å². The lowest BCUT2D eigenvalue weighted by Crippen LogP contribution is -2.43. The van der Waals surface area contributed by atoms with Gasteiger partial charge in [0.15, 0.2) is 5.60 Å². The van der Waals surface area contributed by atoms with E-state index in [4.69, 9.17) is 4.18 Å². The largest absolute Gasteiger partial charge is 0.379 e. The molecule has 0 spiro atoms. The number of amides is 1. The molecule has 4 aromatic carbocycles. The molecule has 182 valence electrons. The molecule has 0 fully saturated rings. The van der Waals surface area contributed by atoms with Crippen molar-refractivity contribution in [1.29, 1.82) is 0 Å². The van der Waals surface area contributed by atoms with E-state index in [1.165, 1.54) is 30.5 Å². The van der Waals surface area contributed by atoms with E-state index in [-0.39, 0.29) is 10.6 Å². The average molecular weight is 501 g/mol. The summed E-state index contributed by atoms with van der Waals surface area (Å²) < 4.78 is 30.4.